The van der Waals surface area contributed by atoms with E-state index in [4.69, 9.17) is 17.0 Å². The number of amides is 1. The van der Waals surface area contributed by atoms with Gasteiger partial charge in [-0.2, -0.15) is 0 Å². The number of nitrogens with zero attached hydrogens (tertiary/aromatic N) is 1. The third kappa shape index (κ3) is 3.04. The van der Waals surface area contributed by atoms with Crippen LogP contribution in [0.5, 0.6) is 0 Å². The normalized spacial score (nSPS) is 20.9. The van der Waals surface area contributed by atoms with Gasteiger partial charge in [-0.05, 0) is 30.6 Å². The molecule has 4 heteroatoms. The van der Waals surface area contributed by atoms with E-state index in [1.807, 2.05) is 6.08 Å². The van der Waals surface area contributed by atoms with Crippen molar-refractivity contribution >= 4 is 23.3 Å². The number of thiocarbonyl (C=S) groups is 1. The zero-order valence-corrected chi connectivity index (χ0v) is 10.9. The molecule has 1 atom stereocenters. The van der Waals surface area contributed by atoms with Crippen molar-refractivity contribution in [1.29, 1.82) is 0 Å². The fourth-order valence-corrected chi connectivity index (χ4v) is 1.90. The van der Waals surface area contributed by atoms with E-state index in [1.54, 1.807) is 11.0 Å². The molecule has 0 bridgehead atoms. The van der Waals surface area contributed by atoms with Crippen molar-refractivity contribution < 1.29 is 9.53 Å². The Morgan fingerprint density at radius 1 is 1.69 bits per heavy atom. The van der Waals surface area contributed by atoms with E-state index in [0.717, 1.165) is 12.8 Å². The molecule has 0 spiro atoms. The highest BCUT2D eigenvalue weighted by Crippen LogP contribution is 2.20. The molecule has 1 saturated heterocycles. The van der Waals surface area contributed by atoms with Crippen molar-refractivity contribution in [3.63, 3.8) is 0 Å². The molecular formula is C12H19NO2S. The van der Waals surface area contributed by atoms with Gasteiger partial charge in [0.15, 0.2) is 0 Å². The van der Waals surface area contributed by atoms with Crippen LogP contribution in [0, 0.1) is 5.92 Å². The zero-order chi connectivity index (χ0) is 12.1. The first-order valence-corrected chi connectivity index (χ1v) is 6.15. The molecular weight excluding hydrogens is 222 g/mol. The van der Waals surface area contributed by atoms with E-state index < -0.39 is 0 Å². The number of hydrogen-bond donors (Lipinski definition) is 0. The summed E-state index contributed by atoms with van der Waals surface area (Å²) in [5.74, 6) is 0.290. The van der Waals surface area contributed by atoms with Gasteiger partial charge in [0, 0.05) is 0 Å². The minimum absolute atomic E-state index is 0.0605. The lowest BCUT2D eigenvalue weighted by molar-refractivity contribution is -0.123. The monoisotopic (exact) mass is 241 g/mol. The van der Waals surface area contributed by atoms with Gasteiger partial charge in [-0.3, -0.25) is 9.69 Å². The van der Waals surface area contributed by atoms with Crippen LogP contribution in [0.2, 0.25) is 0 Å². The quantitative estimate of drug-likeness (QED) is 0.559. The molecule has 0 N–H and O–H groups in total. The maximum atomic E-state index is 11.9. The van der Waals surface area contributed by atoms with Gasteiger partial charge in [-0.25, -0.2) is 0 Å². The van der Waals surface area contributed by atoms with Gasteiger partial charge in [-0.1, -0.05) is 33.3 Å². The third-order valence-corrected chi connectivity index (χ3v) is 2.94. The first-order chi connectivity index (χ1) is 7.57. The Morgan fingerprint density at radius 3 is 2.94 bits per heavy atom. The summed E-state index contributed by atoms with van der Waals surface area (Å²) in [4.78, 5) is 13.5. The molecule has 16 heavy (non-hydrogen) atoms. The van der Waals surface area contributed by atoms with E-state index >= 15 is 0 Å². The molecule has 1 heterocycles. The Hall–Kier alpha value is -0.900. The Morgan fingerprint density at radius 2 is 2.38 bits per heavy atom. The van der Waals surface area contributed by atoms with Crippen molar-refractivity contribution in [2.75, 3.05) is 6.61 Å². The number of carbonyl (C=O) groups is 1. The van der Waals surface area contributed by atoms with Crippen LogP contribution < -0.4 is 0 Å². The summed E-state index contributed by atoms with van der Waals surface area (Å²) < 4.78 is 5.27. The van der Waals surface area contributed by atoms with Gasteiger partial charge in [0.2, 0.25) is 0 Å². The Balaban J connectivity index is 2.68. The van der Waals surface area contributed by atoms with Crippen molar-refractivity contribution in [2.45, 2.75) is 39.7 Å². The van der Waals surface area contributed by atoms with Crippen molar-refractivity contribution in [1.82, 2.24) is 4.90 Å². The average Bonchev–Trinajstić information content (AvgIpc) is 2.60. The lowest BCUT2D eigenvalue weighted by Gasteiger charge is -2.22. The molecule has 1 rings (SSSR count). The molecule has 0 aromatic heterocycles. The summed E-state index contributed by atoms with van der Waals surface area (Å²) in [6.45, 7) is 6.73. The third-order valence-electron chi connectivity index (χ3n) is 2.63. The van der Waals surface area contributed by atoms with Gasteiger partial charge in [0.05, 0.1) is 6.04 Å². The van der Waals surface area contributed by atoms with Crippen LogP contribution in [0.15, 0.2) is 12.2 Å². The smallest absolute Gasteiger partial charge is 0.266 e. The molecule has 0 saturated carbocycles. The summed E-state index contributed by atoms with van der Waals surface area (Å²) in [5, 5.41) is 0.310. The molecule has 3 nitrogen and oxygen atoms in total. The predicted octanol–water partition coefficient (Wildman–Crippen LogP) is 2.51. The highest BCUT2D eigenvalue weighted by atomic mass is 32.1. The Labute approximate surface area is 102 Å². The van der Waals surface area contributed by atoms with Crippen LogP contribution in [0.25, 0.3) is 0 Å². The summed E-state index contributed by atoms with van der Waals surface area (Å²) >= 11 is 5.04. The highest BCUT2D eigenvalue weighted by molar-refractivity contribution is 7.80. The second-order valence-electron chi connectivity index (χ2n) is 4.29. The van der Waals surface area contributed by atoms with Crippen molar-refractivity contribution in [2.24, 2.45) is 5.92 Å². The first-order valence-electron chi connectivity index (χ1n) is 5.74. The highest BCUT2D eigenvalue weighted by Gasteiger charge is 2.35. The number of unbranched alkanes of at least 4 members (excludes halogenated alkanes) is 1. The molecule has 1 fully saturated rings. The van der Waals surface area contributed by atoms with E-state index in [-0.39, 0.29) is 11.9 Å². The lowest BCUT2D eigenvalue weighted by Crippen LogP contribution is -2.40. The lowest BCUT2D eigenvalue weighted by atomic mass is 10.0. The number of ether oxygens (including phenoxy) is 1. The molecule has 1 aliphatic rings. The predicted molar refractivity (Wildman–Crippen MR) is 68.1 cm³/mol. The van der Waals surface area contributed by atoms with Crippen LogP contribution in [0.1, 0.15) is 33.6 Å². The molecule has 1 aliphatic heterocycles. The molecule has 0 aromatic carbocycles. The van der Waals surface area contributed by atoms with Crippen LogP contribution >= 0.6 is 12.2 Å². The van der Waals surface area contributed by atoms with Crippen LogP contribution in [-0.2, 0) is 9.53 Å². The summed E-state index contributed by atoms with van der Waals surface area (Å²) in [6, 6.07) is 0.0753. The second kappa shape index (κ2) is 5.99. The van der Waals surface area contributed by atoms with Gasteiger partial charge in [0.1, 0.15) is 6.61 Å². The number of hydrogen-bond acceptors (Lipinski definition) is 3. The summed E-state index contributed by atoms with van der Waals surface area (Å²) in [6.07, 6.45) is 5.44. The molecule has 0 aromatic rings. The SMILES string of the molecule is CCC/C=C/C(=O)N1C(=S)OC[C@@H]1C(C)C. The summed E-state index contributed by atoms with van der Waals surface area (Å²) in [5.41, 5.74) is 0. The molecule has 0 radical (unpaired) electrons. The Kier molecular flexibility index (Phi) is 4.93. The molecule has 1 amide bonds. The van der Waals surface area contributed by atoms with E-state index in [2.05, 4.69) is 20.8 Å². The van der Waals surface area contributed by atoms with Gasteiger partial charge >= 0.3 is 0 Å². The van der Waals surface area contributed by atoms with Gasteiger partial charge in [0.25, 0.3) is 11.1 Å². The Bertz CT molecular complexity index is 299. The largest absolute Gasteiger partial charge is 0.468 e. The minimum Gasteiger partial charge on any atom is -0.468 e. The van der Waals surface area contributed by atoms with Crippen LogP contribution in [0.4, 0.5) is 0 Å². The van der Waals surface area contributed by atoms with Gasteiger partial charge < -0.3 is 4.74 Å². The zero-order valence-electron chi connectivity index (χ0n) is 10.1. The molecule has 0 aliphatic carbocycles. The van der Waals surface area contributed by atoms with Crippen molar-refractivity contribution in [3.8, 4) is 0 Å². The maximum Gasteiger partial charge on any atom is 0.266 e. The maximum absolute atomic E-state index is 11.9. The fraction of sp³-hybridized carbons (Fsp3) is 0.667. The summed E-state index contributed by atoms with van der Waals surface area (Å²) in [7, 11) is 0. The number of carbonyl (C=O) groups excluding carboxylic acids is 1. The standard InChI is InChI=1S/C12H19NO2S/c1-4-5-6-7-11(14)13-10(9(2)3)8-15-12(13)16/h6-7,9-10H,4-5,8H2,1-3H3/b7-6+/t10-/m1/s1. The number of rotatable bonds is 4. The second-order valence-corrected chi connectivity index (χ2v) is 4.64. The molecule has 90 valence electrons. The van der Waals surface area contributed by atoms with Crippen molar-refractivity contribution in [3.05, 3.63) is 12.2 Å². The minimum atomic E-state index is -0.0605. The fourth-order valence-electron chi connectivity index (χ4n) is 1.61. The number of allylic oxidation sites excluding steroid dienone is 1. The van der Waals surface area contributed by atoms with Crippen LogP contribution in [-0.4, -0.2) is 28.6 Å². The first kappa shape index (κ1) is 13.2. The average molecular weight is 241 g/mol. The van der Waals surface area contributed by atoms with Gasteiger partial charge in [-0.15, -0.1) is 0 Å². The topological polar surface area (TPSA) is 29.5 Å². The van der Waals surface area contributed by atoms with Crippen LogP contribution in [0.3, 0.4) is 0 Å². The van der Waals surface area contributed by atoms with E-state index in [0.29, 0.717) is 17.7 Å². The van der Waals surface area contributed by atoms with E-state index in [1.165, 1.54) is 0 Å². The molecule has 0 unspecified atom stereocenters. The van der Waals surface area contributed by atoms with E-state index in [9.17, 15) is 4.79 Å².